The van der Waals surface area contributed by atoms with Crippen molar-refractivity contribution in [3.8, 4) is 0 Å². The van der Waals surface area contributed by atoms with Crippen LogP contribution in [0.15, 0.2) is 24.5 Å². The molecule has 5 rings (SSSR count). The summed E-state index contributed by atoms with van der Waals surface area (Å²) in [7, 11) is 3.17. The average Bonchev–Trinajstić information content (AvgIpc) is 3.36. The molecule has 0 saturated carbocycles. The third-order valence-corrected chi connectivity index (χ3v) is 7.14. The van der Waals surface area contributed by atoms with E-state index in [0.29, 0.717) is 6.42 Å². The molecule has 0 spiro atoms. The van der Waals surface area contributed by atoms with Gasteiger partial charge in [0.1, 0.15) is 22.5 Å². The number of carbonyl (C=O) groups is 1. The standard InChI is InChI=1S/C19H18N6O2S2/c1-25(27-2)19(26)10-3-5-12-14(7-10)28-18-16(12)17(20-9-21-18)22-11-4-6-13-15(8-11)29-24-23-13/h4,6,8-10H,3,5,7H2,1-2H3,(H,20,21,22)/t10-/m0/s1. The van der Waals surface area contributed by atoms with E-state index in [-0.39, 0.29) is 11.8 Å². The number of amides is 1. The number of aromatic nitrogens is 4. The highest BCUT2D eigenvalue weighted by molar-refractivity contribution is 7.19. The number of benzene rings is 1. The van der Waals surface area contributed by atoms with Gasteiger partial charge in [-0.1, -0.05) is 4.49 Å². The Bertz CT molecular complexity index is 1220. The summed E-state index contributed by atoms with van der Waals surface area (Å²) in [6, 6.07) is 5.96. The van der Waals surface area contributed by atoms with E-state index in [0.717, 1.165) is 44.8 Å². The van der Waals surface area contributed by atoms with Crippen LogP contribution < -0.4 is 5.32 Å². The lowest BCUT2D eigenvalue weighted by molar-refractivity contribution is -0.173. The number of anilines is 2. The van der Waals surface area contributed by atoms with Crippen LogP contribution in [0.4, 0.5) is 11.5 Å². The first-order valence-electron chi connectivity index (χ1n) is 9.20. The van der Waals surface area contributed by atoms with Crippen molar-refractivity contribution in [3.63, 3.8) is 0 Å². The molecule has 8 nitrogen and oxygen atoms in total. The molecule has 1 aliphatic carbocycles. The summed E-state index contributed by atoms with van der Waals surface area (Å²) >= 11 is 3.02. The molecule has 1 aliphatic rings. The number of nitrogens with zero attached hydrogens (tertiary/aromatic N) is 5. The van der Waals surface area contributed by atoms with Crippen molar-refractivity contribution in [2.24, 2.45) is 5.92 Å². The lowest BCUT2D eigenvalue weighted by Gasteiger charge is -2.25. The lowest BCUT2D eigenvalue weighted by atomic mass is 9.87. The molecule has 3 aromatic heterocycles. The van der Waals surface area contributed by atoms with E-state index in [1.54, 1.807) is 24.7 Å². The molecular weight excluding hydrogens is 408 g/mol. The van der Waals surface area contributed by atoms with Crippen molar-refractivity contribution in [2.45, 2.75) is 19.3 Å². The number of aryl methyl sites for hydroxylation is 1. The monoisotopic (exact) mass is 426 g/mol. The highest BCUT2D eigenvalue weighted by Gasteiger charge is 2.30. The Hall–Kier alpha value is -2.69. The predicted molar refractivity (Wildman–Crippen MR) is 113 cm³/mol. The van der Waals surface area contributed by atoms with Gasteiger partial charge >= 0.3 is 0 Å². The zero-order valence-corrected chi connectivity index (χ0v) is 17.5. The van der Waals surface area contributed by atoms with E-state index in [1.807, 2.05) is 18.2 Å². The second kappa shape index (κ2) is 7.29. The minimum absolute atomic E-state index is 0.0199. The number of hydroxylamine groups is 2. The number of hydrogen-bond donors (Lipinski definition) is 1. The molecule has 0 aliphatic heterocycles. The maximum Gasteiger partial charge on any atom is 0.249 e. The van der Waals surface area contributed by atoms with Crippen molar-refractivity contribution < 1.29 is 9.63 Å². The van der Waals surface area contributed by atoms with Crippen LogP contribution in [0.3, 0.4) is 0 Å². The van der Waals surface area contributed by atoms with Gasteiger partial charge in [-0.25, -0.2) is 15.0 Å². The predicted octanol–water partition coefficient (Wildman–Crippen LogP) is 3.56. The van der Waals surface area contributed by atoms with Crippen LogP contribution in [0.1, 0.15) is 16.9 Å². The molecule has 1 aromatic carbocycles. The van der Waals surface area contributed by atoms with Crippen molar-refractivity contribution >= 4 is 60.7 Å². The molecule has 3 heterocycles. The molecule has 0 radical (unpaired) electrons. The smallest absolute Gasteiger partial charge is 0.249 e. The van der Waals surface area contributed by atoms with E-state index in [4.69, 9.17) is 4.84 Å². The number of thiophene rings is 1. The highest BCUT2D eigenvalue weighted by Crippen LogP contribution is 2.40. The third kappa shape index (κ3) is 3.22. The maximum absolute atomic E-state index is 12.5. The summed E-state index contributed by atoms with van der Waals surface area (Å²) in [5, 5.41) is 9.90. The van der Waals surface area contributed by atoms with E-state index < -0.39 is 0 Å². The molecule has 1 amide bonds. The van der Waals surface area contributed by atoms with Gasteiger partial charge in [-0.2, -0.15) is 0 Å². The third-order valence-electron chi connectivity index (χ3n) is 5.29. The van der Waals surface area contributed by atoms with Gasteiger partial charge in [0.15, 0.2) is 0 Å². The van der Waals surface area contributed by atoms with Gasteiger partial charge in [-0.15, -0.1) is 16.4 Å². The van der Waals surface area contributed by atoms with Gasteiger partial charge in [0.2, 0.25) is 5.91 Å². The molecule has 4 aromatic rings. The Morgan fingerprint density at radius 3 is 3.10 bits per heavy atom. The lowest BCUT2D eigenvalue weighted by Crippen LogP contribution is -2.34. The number of nitrogens with one attached hydrogen (secondary N) is 1. The van der Waals surface area contributed by atoms with Crippen LogP contribution in [0.25, 0.3) is 20.4 Å². The molecular formula is C19H18N6O2S2. The van der Waals surface area contributed by atoms with E-state index in [2.05, 4.69) is 24.9 Å². The first-order chi connectivity index (χ1) is 14.1. The molecule has 1 atom stereocenters. The Labute approximate surface area is 174 Å². The molecule has 1 N–H and O–H groups in total. The van der Waals surface area contributed by atoms with Crippen LogP contribution in [-0.4, -0.2) is 44.7 Å². The first kappa shape index (κ1) is 18.3. The molecule has 0 saturated heterocycles. The van der Waals surface area contributed by atoms with E-state index >= 15 is 0 Å². The summed E-state index contributed by atoms with van der Waals surface area (Å²) in [6.07, 6.45) is 3.91. The molecule has 148 valence electrons. The van der Waals surface area contributed by atoms with Gasteiger partial charge in [-0.05, 0) is 54.6 Å². The summed E-state index contributed by atoms with van der Waals surface area (Å²) in [5.74, 6) is 0.751. The SMILES string of the molecule is CON(C)C(=O)[C@H]1CCc2c(sc3ncnc(Nc4ccc5nnsc5c4)c23)C1. The minimum Gasteiger partial charge on any atom is -0.340 e. The van der Waals surface area contributed by atoms with Gasteiger partial charge in [0.25, 0.3) is 0 Å². The van der Waals surface area contributed by atoms with Crippen LogP contribution in [0.2, 0.25) is 0 Å². The maximum atomic E-state index is 12.5. The number of carbonyl (C=O) groups excluding carboxylic acids is 1. The Kier molecular flexibility index (Phi) is 4.61. The first-order valence-corrected chi connectivity index (χ1v) is 10.8. The van der Waals surface area contributed by atoms with Gasteiger partial charge in [0, 0.05) is 23.5 Å². The van der Waals surface area contributed by atoms with Crippen molar-refractivity contribution in [1.82, 2.24) is 24.6 Å². The van der Waals surface area contributed by atoms with Crippen molar-refractivity contribution in [3.05, 3.63) is 35.0 Å². The zero-order chi connectivity index (χ0) is 20.0. The fraction of sp³-hybridized carbons (Fsp3) is 0.316. The van der Waals surface area contributed by atoms with Crippen LogP contribution in [0, 0.1) is 5.92 Å². The van der Waals surface area contributed by atoms with Crippen LogP contribution >= 0.6 is 22.9 Å². The molecule has 0 bridgehead atoms. The number of fused-ring (bicyclic) bond motifs is 4. The van der Waals surface area contributed by atoms with Crippen molar-refractivity contribution in [1.29, 1.82) is 0 Å². The Morgan fingerprint density at radius 2 is 2.24 bits per heavy atom. The molecule has 10 heteroatoms. The average molecular weight is 427 g/mol. The highest BCUT2D eigenvalue weighted by atomic mass is 32.1. The van der Waals surface area contributed by atoms with E-state index in [1.165, 1.54) is 34.1 Å². The summed E-state index contributed by atoms with van der Waals surface area (Å²) in [6.45, 7) is 0. The summed E-state index contributed by atoms with van der Waals surface area (Å²) in [4.78, 5) is 28.7. The van der Waals surface area contributed by atoms with Gasteiger partial charge < -0.3 is 5.32 Å². The van der Waals surface area contributed by atoms with Crippen LogP contribution in [0.5, 0.6) is 0 Å². The second-order valence-corrected chi connectivity index (χ2v) is 8.81. The fourth-order valence-electron chi connectivity index (χ4n) is 3.76. The second-order valence-electron chi connectivity index (χ2n) is 6.94. The topological polar surface area (TPSA) is 93.1 Å². The number of rotatable bonds is 4. The Balaban J connectivity index is 1.49. The summed E-state index contributed by atoms with van der Waals surface area (Å²) < 4.78 is 5.01. The zero-order valence-electron chi connectivity index (χ0n) is 15.9. The number of hydrogen-bond acceptors (Lipinski definition) is 9. The summed E-state index contributed by atoms with van der Waals surface area (Å²) in [5.41, 5.74) is 3.07. The molecule has 0 fully saturated rings. The van der Waals surface area contributed by atoms with E-state index in [9.17, 15) is 4.79 Å². The van der Waals surface area contributed by atoms with Gasteiger partial charge in [-0.3, -0.25) is 9.63 Å². The van der Waals surface area contributed by atoms with Crippen LogP contribution in [-0.2, 0) is 22.5 Å². The largest absolute Gasteiger partial charge is 0.340 e. The normalized spacial score (nSPS) is 16.1. The Morgan fingerprint density at radius 1 is 1.34 bits per heavy atom. The van der Waals surface area contributed by atoms with Gasteiger partial charge in [0.05, 0.1) is 17.2 Å². The quantitative estimate of drug-likeness (QED) is 0.499. The minimum atomic E-state index is -0.0638. The molecule has 0 unspecified atom stereocenters. The fourth-order valence-corrected chi connectivity index (χ4v) is 5.62. The molecule has 29 heavy (non-hydrogen) atoms. The van der Waals surface area contributed by atoms with Crippen molar-refractivity contribution in [2.75, 3.05) is 19.5 Å².